The molecule has 0 fully saturated rings. The summed E-state index contributed by atoms with van der Waals surface area (Å²) in [6.07, 6.45) is 0. The Balaban J connectivity index is 2.19. The highest BCUT2D eigenvalue weighted by Crippen LogP contribution is 2.29. The van der Waals surface area contributed by atoms with Gasteiger partial charge in [0.25, 0.3) is 0 Å². The van der Waals surface area contributed by atoms with Crippen molar-refractivity contribution in [2.24, 2.45) is 10.7 Å². The lowest BCUT2D eigenvalue weighted by molar-refractivity contribution is 0.332. The van der Waals surface area contributed by atoms with Crippen LogP contribution in [0.15, 0.2) is 41.4 Å². The molecule has 0 saturated carbocycles. The number of nitrogens with two attached hydrogens (primary N) is 1. The highest BCUT2D eigenvalue weighted by atomic mass is 16.5. The van der Waals surface area contributed by atoms with Crippen LogP contribution in [0.2, 0.25) is 0 Å². The van der Waals surface area contributed by atoms with Gasteiger partial charge in [0.15, 0.2) is 5.96 Å². The molecule has 27 heavy (non-hydrogen) atoms. The van der Waals surface area contributed by atoms with Crippen molar-refractivity contribution in [1.82, 2.24) is 0 Å². The number of rotatable bonds is 8. The van der Waals surface area contributed by atoms with E-state index in [1.165, 1.54) is 5.56 Å². The molecule has 2 aromatic carbocycles. The van der Waals surface area contributed by atoms with Gasteiger partial charge in [-0.3, -0.25) is 0 Å². The van der Waals surface area contributed by atoms with E-state index < -0.39 is 0 Å². The predicted octanol–water partition coefficient (Wildman–Crippen LogP) is 3.79. The lowest BCUT2D eigenvalue weighted by atomic mass is 10.1. The number of hydrogen-bond acceptors (Lipinski definition) is 4. The molecule has 0 bridgehead atoms. The molecule has 6 heteroatoms. The Morgan fingerprint density at radius 2 is 1.81 bits per heavy atom. The van der Waals surface area contributed by atoms with E-state index in [9.17, 15) is 0 Å². The highest BCUT2D eigenvalue weighted by molar-refractivity contribution is 5.94. The molecular weight excluding hydrogens is 340 g/mol. The van der Waals surface area contributed by atoms with Crippen LogP contribution < -0.4 is 25.4 Å². The largest absolute Gasteiger partial charge is 0.494 e. The van der Waals surface area contributed by atoms with Gasteiger partial charge < -0.3 is 25.4 Å². The van der Waals surface area contributed by atoms with Crippen molar-refractivity contribution < 1.29 is 9.47 Å². The number of benzene rings is 2. The minimum Gasteiger partial charge on any atom is -0.494 e. The summed E-state index contributed by atoms with van der Waals surface area (Å²) in [6.45, 7) is 7.62. The molecule has 0 aliphatic heterocycles. The summed E-state index contributed by atoms with van der Waals surface area (Å²) in [7, 11) is 4.05. The number of nitrogens with zero attached hydrogens (tertiary/aromatic N) is 2. The molecular formula is C21H30N4O2. The quantitative estimate of drug-likeness (QED) is 0.546. The molecule has 2 aromatic rings. The fraction of sp³-hybridized carbons (Fsp3) is 0.381. The van der Waals surface area contributed by atoms with Gasteiger partial charge in [0.2, 0.25) is 0 Å². The van der Waals surface area contributed by atoms with Crippen LogP contribution in [0.4, 0.5) is 11.4 Å². The second-order valence-electron chi connectivity index (χ2n) is 6.38. The molecule has 0 unspecified atom stereocenters. The first-order valence-corrected chi connectivity index (χ1v) is 9.18. The molecule has 0 aromatic heterocycles. The fourth-order valence-corrected chi connectivity index (χ4v) is 2.72. The maximum absolute atomic E-state index is 6.13. The van der Waals surface area contributed by atoms with Crippen molar-refractivity contribution >= 4 is 17.3 Å². The number of ether oxygens (including phenoxy) is 2. The smallest absolute Gasteiger partial charge is 0.193 e. The van der Waals surface area contributed by atoms with Gasteiger partial charge in [-0.2, -0.15) is 0 Å². The monoisotopic (exact) mass is 370 g/mol. The number of anilines is 2. The van der Waals surface area contributed by atoms with E-state index >= 15 is 0 Å². The average Bonchev–Trinajstić information content (AvgIpc) is 2.63. The molecule has 0 heterocycles. The van der Waals surface area contributed by atoms with E-state index in [0.29, 0.717) is 31.5 Å². The Hall–Kier alpha value is -2.89. The van der Waals surface area contributed by atoms with Crippen LogP contribution in [-0.2, 0) is 6.54 Å². The van der Waals surface area contributed by atoms with Crippen LogP contribution in [0.5, 0.6) is 11.5 Å². The summed E-state index contributed by atoms with van der Waals surface area (Å²) in [4.78, 5) is 6.58. The molecule has 0 spiro atoms. The van der Waals surface area contributed by atoms with E-state index in [1.54, 1.807) is 0 Å². The Bertz CT molecular complexity index is 788. The number of nitrogens with one attached hydrogen (secondary N) is 1. The maximum Gasteiger partial charge on any atom is 0.193 e. The molecule has 0 aliphatic rings. The van der Waals surface area contributed by atoms with Crippen LogP contribution >= 0.6 is 0 Å². The summed E-state index contributed by atoms with van der Waals surface area (Å²) >= 11 is 0. The number of hydrogen-bond donors (Lipinski definition) is 2. The third kappa shape index (κ3) is 5.81. The molecule has 0 radical (unpaired) electrons. The molecule has 6 nitrogen and oxygen atoms in total. The van der Waals surface area contributed by atoms with E-state index in [-0.39, 0.29) is 0 Å². The standard InChI is InChI=1S/C21H30N4O2/c1-6-26-17-10-11-20(27-7-2)18(13-17)24-21(22)23-14-16-9-8-15(3)12-19(16)25(4)5/h8-13H,6-7,14H2,1-5H3,(H3,22,23,24). The summed E-state index contributed by atoms with van der Waals surface area (Å²) in [5.74, 6) is 1.79. The first-order valence-electron chi connectivity index (χ1n) is 9.18. The van der Waals surface area contributed by atoms with Gasteiger partial charge in [0.1, 0.15) is 11.5 Å². The van der Waals surface area contributed by atoms with Crippen LogP contribution in [0.1, 0.15) is 25.0 Å². The van der Waals surface area contributed by atoms with Gasteiger partial charge in [-0.25, -0.2) is 4.99 Å². The lowest BCUT2D eigenvalue weighted by Gasteiger charge is -2.18. The summed E-state index contributed by atoms with van der Waals surface area (Å²) in [5, 5.41) is 3.13. The Kier molecular flexibility index (Phi) is 7.34. The second kappa shape index (κ2) is 9.71. The molecule has 0 saturated heterocycles. The van der Waals surface area contributed by atoms with Crippen molar-refractivity contribution in [3.05, 3.63) is 47.5 Å². The maximum atomic E-state index is 6.13. The normalized spacial score (nSPS) is 11.2. The highest BCUT2D eigenvalue weighted by Gasteiger charge is 2.08. The van der Waals surface area contributed by atoms with E-state index in [0.717, 1.165) is 22.7 Å². The number of guanidine groups is 1. The van der Waals surface area contributed by atoms with Gasteiger partial charge in [-0.05, 0) is 50.1 Å². The van der Waals surface area contributed by atoms with Crippen LogP contribution in [0.25, 0.3) is 0 Å². The SMILES string of the molecule is CCOc1ccc(OCC)c(NC(N)=NCc2ccc(C)cc2N(C)C)c1. The summed E-state index contributed by atoms with van der Waals surface area (Å²) in [6, 6.07) is 11.9. The van der Waals surface area contributed by atoms with Crippen LogP contribution in [0.3, 0.4) is 0 Å². The Labute approximate surface area is 162 Å². The third-order valence-corrected chi connectivity index (χ3v) is 3.97. The van der Waals surface area contributed by atoms with E-state index in [4.69, 9.17) is 15.2 Å². The molecule has 0 amide bonds. The molecule has 0 aliphatic carbocycles. The zero-order valence-electron chi connectivity index (χ0n) is 16.9. The van der Waals surface area contributed by atoms with Crippen LogP contribution in [0, 0.1) is 6.92 Å². The summed E-state index contributed by atoms with van der Waals surface area (Å²) < 4.78 is 11.2. The first kappa shape index (κ1) is 20.4. The lowest BCUT2D eigenvalue weighted by Crippen LogP contribution is -2.23. The molecule has 2 rings (SSSR count). The topological polar surface area (TPSA) is 72.1 Å². The van der Waals surface area contributed by atoms with Gasteiger partial charge in [-0.1, -0.05) is 12.1 Å². The van der Waals surface area contributed by atoms with Crippen molar-refractivity contribution in [2.45, 2.75) is 27.3 Å². The minimum atomic E-state index is 0.329. The van der Waals surface area contributed by atoms with Crippen LogP contribution in [-0.4, -0.2) is 33.3 Å². The Morgan fingerprint density at radius 3 is 2.48 bits per heavy atom. The van der Waals surface area contributed by atoms with Crippen molar-refractivity contribution in [1.29, 1.82) is 0 Å². The molecule has 146 valence electrons. The van der Waals surface area contributed by atoms with Crippen molar-refractivity contribution in [2.75, 3.05) is 37.5 Å². The van der Waals surface area contributed by atoms with E-state index in [2.05, 4.69) is 40.3 Å². The fourth-order valence-electron chi connectivity index (χ4n) is 2.72. The van der Waals surface area contributed by atoms with Crippen molar-refractivity contribution in [3.63, 3.8) is 0 Å². The molecule has 3 N–H and O–H groups in total. The summed E-state index contributed by atoms with van der Waals surface area (Å²) in [5.41, 5.74) is 10.3. The number of aryl methyl sites for hydroxylation is 1. The van der Waals surface area contributed by atoms with E-state index in [1.807, 2.05) is 46.1 Å². The predicted molar refractivity (Wildman–Crippen MR) is 113 cm³/mol. The first-order chi connectivity index (χ1) is 12.9. The number of aliphatic imine (C=N–C) groups is 1. The van der Waals surface area contributed by atoms with Gasteiger partial charge in [-0.15, -0.1) is 0 Å². The van der Waals surface area contributed by atoms with Gasteiger partial charge >= 0.3 is 0 Å². The van der Waals surface area contributed by atoms with Crippen molar-refractivity contribution in [3.8, 4) is 11.5 Å². The third-order valence-electron chi connectivity index (χ3n) is 3.97. The second-order valence-corrected chi connectivity index (χ2v) is 6.38. The molecule has 0 atom stereocenters. The average molecular weight is 370 g/mol. The zero-order valence-corrected chi connectivity index (χ0v) is 16.9. The Morgan fingerprint density at radius 1 is 1.07 bits per heavy atom. The van der Waals surface area contributed by atoms with Gasteiger partial charge in [0.05, 0.1) is 25.4 Å². The minimum absolute atomic E-state index is 0.329. The van der Waals surface area contributed by atoms with Gasteiger partial charge in [0, 0.05) is 25.8 Å². The zero-order chi connectivity index (χ0) is 19.8.